The summed E-state index contributed by atoms with van der Waals surface area (Å²) in [6, 6.07) is 15.3. The molecule has 0 fully saturated rings. The number of ether oxygens (including phenoxy) is 1. The first-order chi connectivity index (χ1) is 12.7. The Labute approximate surface area is 156 Å². The summed E-state index contributed by atoms with van der Waals surface area (Å²) in [5, 5.41) is 11.0. The summed E-state index contributed by atoms with van der Waals surface area (Å²) in [4.78, 5) is 4.26. The molecular weight excluding hydrogens is 402 g/mol. The molecule has 4 aromatic rings. The van der Waals surface area contributed by atoms with Crippen LogP contribution in [-0.4, -0.2) is 20.5 Å². The summed E-state index contributed by atoms with van der Waals surface area (Å²) in [5.41, 5.74) is 7.65. The highest BCUT2D eigenvalue weighted by atomic mass is 79.9. The number of benzene rings is 2. The molecule has 0 aliphatic rings. The number of aromatic nitrogens is 4. The molecule has 26 heavy (non-hydrogen) atoms. The zero-order valence-corrected chi connectivity index (χ0v) is 14.9. The van der Waals surface area contributed by atoms with Gasteiger partial charge < -0.3 is 15.0 Å². The maximum atomic E-state index is 5.80. The van der Waals surface area contributed by atoms with Gasteiger partial charge in [-0.3, -0.25) is 0 Å². The van der Waals surface area contributed by atoms with Gasteiger partial charge in [0.05, 0.1) is 4.47 Å². The molecule has 0 bridgehead atoms. The highest BCUT2D eigenvalue weighted by Crippen LogP contribution is 2.26. The second-order valence-corrected chi connectivity index (χ2v) is 6.19. The average Bonchev–Trinajstić information content (AvgIpc) is 3.30. The van der Waals surface area contributed by atoms with Crippen LogP contribution in [0.3, 0.4) is 0 Å². The van der Waals surface area contributed by atoms with Crippen molar-refractivity contribution in [2.45, 2.75) is 6.61 Å². The Bertz CT molecular complexity index is 1030. The Hall–Kier alpha value is -3.20. The normalized spacial score (nSPS) is 10.8. The largest absolute Gasteiger partial charge is 0.488 e. The minimum atomic E-state index is 0.108. The van der Waals surface area contributed by atoms with E-state index in [-0.39, 0.29) is 17.3 Å². The van der Waals surface area contributed by atoms with E-state index in [2.05, 4.69) is 41.0 Å². The second kappa shape index (κ2) is 6.96. The molecule has 0 saturated heterocycles. The molecule has 4 rings (SSSR count). The van der Waals surface area contributed by atoms with Gasteiger partial charge in [0, 0.05) is 5.56 Å². The van der Waals surface area contributed by atoms with Crippen molar-refractivity contribution in [3.8, 4) is 28.7 Å². The van der Waals surface area contributed by atoms with Crippen molar-refractivity contribution in [2.75, 3.05) is 5.73 Å². The summed E-state index contributed by atoms with van der Waals surface area (Å²) in [6.07, 6.45) is 0. The van der Waals surface area contributed by atoms with Crippen LogP contribution < -0.4 is 10.5 Å². The first-order valence-electron chi connectivity index (χ1n) is 7.59. The van der Waals surface area contributed by atoms with Crippen molar-refractivity contribution >= 4 is 21.7 Å². The van der Waals surface area contributed by atoms with Crippen molar-refractivity contribution < 1.29 is 13.9 Å². The van der Waals surface area contributed by atoms with E-state index in [4.69, 9.17) is 15.0 Å². The van der Waals surface area contributed by atoms with Crippen LogP contribution in [0.5, 0.6) is 5.75 Å². The van der Waals surface area contributed by atoms with Gasteiger partial charge in [0.25, 0.3) is 5.89 Å². The molecule has 0 amide bonds. The average molecular weight is 414 g/mol. The zero-order valence-electron chi connectivity index (χ0n) is 13.3. The monoisotopic (exact) mass is 413 g/mol. The Balaban J connectivity index is 1.47. The topological polar surface area (TPSA) is 113 Å². The Morgan fingerprint density at radius 1 is 1.00 bits per heavy atom. The minimum Gasteiger partial charge on any atom is -0.488 e. The number of rotatable bonds is 5. The van der Waals surface area contributed by atoms with Crippen molar-refractivity contribution in [1.29, 1.82) is 0 Å². The van der Waals surface area contributed by atoms with Gasteiger partial charge >= 0.3 is 0 Å². The fraction of sp³-hybridized carbons (Fsp3) is 0.0588. The van der Waals surface area contributed by atoms with Crippen LogP contribution in [0.4, 0.5) is 5.82 Å². The van der Waals surface area contributed by atoms with Crippen LogP contribution in [0.25, 0.3) is 23.0 Å². The molecule has 9 heteroatoms. The van der Waals surface area contributed by atoms with Gasteiger partial charge in [-0.1, -0.05) is 29.4 Å². The van der Waals surface area contributed by atoms with E-state index in [1.807, 2.05) is 48.5 Å². The fourth-order valence-electron chi connectivity index (χ4n) is 2.25. The molecule has 130 valence electrons. The Morgan fingerprint density at radius 2 is 1.81 bits per heavy atom. The van der Waals surface area contributed by atoms with Crippen LogP contribution in [0, 0.1) is 0 Å². The fourth-order valence-corrected chi connectivity index (χ4v) is 2.65. The van der Waals surface area contributed by atoms with E-state index < -0.39 is 0 Å². The number of nitrogen functional groups attached to an aromatic ring is 1. The van der Waals surface area contributed by atoms with E-state index in [0.29, 0.717) is 12.5 Å². The third kappa shape index (κ3) is 3.29. The number of nitrogens with two attached hydrogens (primary N) is 1. The SMILES string of the molecule is Nc1nonc1-c1noc(-c2ccc(COc3ccccc3Br)cc2)n1. The smallest absolute Gasteiger partial charge is 0.258 e. The predicted molar refractivity (Wildman–Crippen MR) is 95.9 cm³/mol. The number of hydrogen-bond acceptors (Lipinski definition) is 8. The standard InChI is InChI=1S/C17H12BrN5O3/c18-12-3-1-2-4-13(12)24-9-10-5-7-11(8-6-10)17-20-16(23-25-17)14-15(19)22-26-21-14/h1-8H,9H2,(H2,19,22). The molecule has 0 aliphatic heterocycles. The van der Waals surface area contributed by atoms with Crippen LogP contribution in [0.2, 0.25) is 0 Å². The lowest BCUT2D eigenvalue weighted by molar-refractivity contribution is 0.304. The van der Waals surface area contributed by atoms with Crippen molar-refractivity contribution in [3.63, 3.8) is 0 Å². The third-order valence-corrected chi connectivity index (χ3v) is 4.24. The first-order valence-corrected chi connectivity index (χ1v) is 8.39. The van der Waals surface area contributed by atoms with E-state index >= 15 is 0 Å². The van der Waals surface area contributed by atoms with Crippen molar-refractivity contribution in [3.05, 3.63) is 58.6 Å². The predicted octanol–water partition coefficient (Wildman–Crippen LogP) is 3.71. The van der Waals surface area contributed by atoms with E-state index in [1.54, 1.807) is 0 Å². The summed E-state index contributed by atoms with van der Waals surface area (Å²) in [6.45, 7) is 0.444. The number of hydrogen-bond donors (Lipinski definition) is 1. The van der Waals surface area contributed by atoms with Crippen molar-refractivity contribution in [2.24, 2.45) is 0 Å². The lowest BCUT2D eigenvalue weighted by Crippen LogP contribution is -1.95. The molecule has 2 aromatic carbocycles. The highest BCUT2D eigenvalue weighted by molar-refractivity contribution is 9.10. The van der Waals surface area contributed by atoms with Gasteiger partial charge in [-0.15, -0.1) is 0 Å². The third-order valence-electron chi connectivity index (χ3n) is 3.58. The van der Waals surface area contributed by atoms with E-state index in [1.165, 1.54) is 0 Å². The van der Waals surface area contributed by atoms with Crippen LogP contribution in [-0.2, 0) is 6.61 Å². The van der Waals surface area contributed by atoms with E-state index in [9.17, 15) is 0 Å². The summed E-state index contributed by atoms with van der Waals surface area (Å²) in [5.74, 6) is 1.47. The van der Waals surface area contributed by atoms with Crippen LogP contribution in [0.15, 0.2) is 62.2 Å². The lowest BCUT2D eigenvalue weighted by Gasteiger charge is -2.08. The molecule has 0 unspecified atom stereocenters. The summed E-state index contributed by atoms with van der Waals surface area (Å²) >= 11 is 3.46. The molecule has 2 aromatic heterocycles. The van der Waals surface area contributed by atoms with E-state index in [0.717, 1.165) is 21.3 Å². The first kappa shape index (κ1) is 16.3. The van der Waals surface area contributed by atoms with Gasteiger partial charge in [-0.05, 0) is 56.1 Å². The molecule has 0 aliphatic carbocycles. The molecular formula is C17H12BrN5O3. The summed E-state index contributed by atoms with van der Waals surface area (Å²) in [7, 11) is 0. The molecule has 8 nitrogen and oxygen atoms in total. The Morgan fingerprint density at radius 3 is 2.54 bits per heavy atom. The van der Waals surface area contributed by atoms with Gasteiger partial charge in [0.15, 0.2) is 11.5 Å². The number of halogens is 1. The molecule has 0 radical (unpaired) electrons. The highest BCUT2D eigenvalue weighted by Gasteiger charge is 2.17. The molecule has 2 N–H and O–H groups in total. The van der Waals surface area contributed by atoms with Gasteiger partial charge in [0.1, 0.15) is 12.4 Å². The van der Waals surface area contributed by atoms with Crippen LogP contribution in [0.1, 0.15) is 5.56 Å². The van der Waals surface area contributed by atoms with Crippen molar-refractivity contribution in [1.82, 2.24) is 20.5 Å². The zero-order chi connectivity index (χ0) is 17.9. The van der Waals surface area contributed by atoms with Gasteiger partial charge in [0.2, 0.25) is 5.82 Å². The molecule has 0 saturated carbocycles. The van der Waals surface area contributed by atoms with Gasteiger partial charge in [-0.2, -0.15) is 4.98 Å². The van der Waals surface area contributed by atoms with Gasteiger partial charge in [-0.25, -0.2) is 4.63 Å². The lowest BCUT2D eigenvalue weighted by atomic mass is 10.1. The number of anilines is 1. The molecule has 0 spiro atoms. The minimum absolute atomic E-state index is 0.108. The summed E-state index contributed by atoms with van der Waals surface area (Å²) < 4.78 is 16.5. The number of para-hydroxylation sites is 1. The number of nitrogens with zero attached hydrogens (tertiary/aromatic N) is 4. The maximum absolute atomic E-state index is 5.80. The quantitative estimate of drug-likeness (QED) is 0.526. The van der Waals surface area contributed by atoms with Crippen LogP contribution >= 0.6 is 15.9 Å². The maximum Gasteiger partial charge on any atom is 0.258 e. The second-order valence-electron chi connectivity index (χ2n) is 5.34. The molecule has 2 heterocycles. The molecule has 0 atom stereocenters. The Kier molecular flexibility index (Phi) is 4.36.